The molecule has 3 N–H and O–H groups in total. The van der Waals surface area contributed by atoms with Crippen LogP contribution in [-0.4, -0.2) is 29.6 Å². The van der Waals surface area contributed by atoms with Crippen LogP contribution in [0.25, 0.3) is 0 Å². The van der Waals surface area contributed by atoms with Crippen LogP contribution in [0.3, 0.4) is 0 Å². The van der Waals surface area contributed by atoms with E-state index < -0.39 is 0 Å². The van der Waals surface area contributed by atoms with E-state index in [4.69, 9.17) is 0 Å². The van der Waals surface area contributed by atoms with Crippen molar-refractivity contribution in [3.63, 3.8) is 0 Å². The number of carbonyl (C=O) groups excluding carboxylic acids is 2. The van der Waals surface area contributed by atoms with Crippen LogP contribution in [0.4, 0.5) is 0 Å². The Balaban J connectivity index is 1.93. The average Bonchev–Trinajstić information content (AvgIpc) is 3.08. The molecule has 116 valence electrons. The maximum atomic E-state index is 12.2. The van der Waals surface area contributed by atoms with Gasteiger partial charge in [-0.3, -0.25) is 9.59 Å². The topological polar surface area (TPSA) is 78.4 Å². The monoisotopic (exact) mass is 310 g/mol. The molecule has 1 aromatic rings. The molecule has 2 rings (SSSR count). The number of aliphatic hydroxyl groups is 1. The van der Waals surface area contributed by atoms with E-state index >= 15 is 0 Å². The summed E-state index contributed by atoms with van der Waals surface area (Å²) in [7, 11) is 0. The lowest BCUT2D eigenvalue weighted by molar-refractivity contribution is -0.123. The van der Waals surface area contributed by atoms with Gasteiger partial charge in [0.2, 0.25) is 11.8 Å². The molecule has 5 nitrogen and oxygen atoms in total. The largest absolute Gasteiger partial charge is 0.396 e. The second-order valence-corrected chi connectivity index (χ2v) is 6.50. The summed E-state index contributed by atoms with van der Waals surface area (Å²) < 4.78 is 0. The Labute approximate surface area is 128 Å². The van der Waals surface area contributed by atoms with Gasteiger partial charge in [-0.1, -0.05) is 12.5 Å². The molecule has 0 aromatic carbocycles. The second kappa shape index (κ2) is 7.56. The Kier molecular flexibility index (Phi) is 5.76. The van der Waals surface area contributed by atoms with Gasteiger partial charge in [0.05, 0.1) is 12.5 Å². The van der Waals surface area contributed by atoms with Crippen LogP contribution >= 0.6 is 11.3 Å². The molecular formula is C15H22N2O3S. The molecule has 1 aliphatic carbocycles. The summed E-state index contributed by atoms with van der Waals surface area (Å²) >= 11 is 1.53. The second-order valence-electron chi connectivity index (χ2n) is 5.52. The Bertz CT molecular complexity index is 475. The Hall–Kier alpha value is -1.40. The van der Waals surface area contributed by atoms with E-state index in [0.717, 1.165) is 24.1 Å². The van der Waals surface area contributed by atoms with Crippen LogP contribution in [0.5, 0.6) is 0 Å². The van der Waals surface area contributed by atoms with E-state index in [2.05, 4.69) is 10.6 Å². The lowest BCUT2D eigenvalue weighted by Crippen LogP contribution is -2.40. The predicted molar refractivity (Wildman–Crippen MR) is 81.9 cm³/mol. The molecule has 0 aliphatic heterocycles. The zero-order chi connectivity index (χ0) is 15.2. The first-order valence-electron chi connectivity index (χ1n) is 7.31. The highest BCUT2D eigenvalue weighted by molar-refractivity contribution is 7.10. The molecule has 1 saturated carbocycles. The fourth-order valence-electron chi connectivity index (χ4n) is 2.85. The minimum absolute atomic E-state index is 0.0591. The van der Waals surface area contributed by atoms with E-state index in [9.17, 15) is 14.7 Å². The number of aliphatic hydroxyl groups excluding tert-OH is 1. The Morgan fingerprint density at radius 1 is 1.48 bits per heavy atom. The number of hydrogen-bond donors (Lipinski definition) is 3. The standard InChI is InChI=1S/C15H22N2O3S/c1-10(19)16-13(14-6-3-7-21-14)8-15(20)17-12-5-2-4-11(12)9-18/h3,6-7,11-13,18H,2,4-5,8-9H2,1H3,(H,16,19)(H,17,20). The lowest BCUT2D eigenvalue weighted by Gasteiger charge is -2.21. The quantitative estimate of drug-likeness (QED) is 0.746. The number of thiophene rings is 1. The highest BCUT2D eigenvalue weighted by Crippen LogP contribution is 2.26. The van der Waals surface area contributed by atoms with Gasteiger partial charge in [0, 0.05) is 30.4 Å². The van der Waals surface area contributed by atoms with E-state index in [0.29, 0.717) is 0 Å². The lowest BCUT2D eigenvalue weighted by atomic mass is 10.0. The first-order valence-corrected chi connectivity index (χ1v) is 8.19. The summed E-state index contributed by atoms with van der Waals surface area (Å²) in [5.74, 6) is -0.0577. The molecule has 0 spiro atoms. The Morgan fingerprint density at radius 2 is 2.29 bits per heavy atom. The molecule has 3 atom stereocenters. The third-order valence-corrected chi connectivity index (χ3v) is 4.88. The van der Waals surface area contributed by atoms with Crippen molar-refractivity contribution in [3.05, 3.63) is 22.4 Å². The predicted octanol–water partition coefficient (Wildman–Crippen LogP) is 1.59. The summed E-state index contributed by atoms with van der Waals surface area (Å²) in [5.41, 5.74) is 0. The van der Waals surface area contributed by atoms with E-state index in [1.807, 2.05) is 17.5 Å². The van der Waals surface area contributed by atoms with Crippen molar-refractivity contribution in [1.82, 2.24) is 10.6 Å². The van der Waals surface area contributed by atoms with Gasteiger partial charge in [-0.05, 0) is 24.3 Å². The SMILES string of the molecule is CC(=O)NC(CC(=O)NC1CCCC1CO)c1cccs1. The van der Waals surface area contributed by atoms with Crippen molar-refractivity contribution in [1.29, 1.82) is 0 Å². The van der Waals surface area contributed by atoms with Gasteiger partial charge in [0.1, 0.15) is 0 Å². The minimum Gasteiger partial charge on any atom is -0.396 e. The summed E-state index contributed by atoms with van der Waals surface area (Å²) in [6.45, 7) is 1.57. The molecule has 1 fully saturated rings. The maximum absolute atomic E-state index is 12.2. The van der Waals surface area contributed by atoms with Crippen LogP contribution < -0.4 is 10.6 Å². The number of hydrogen-bond acceptors (Lipinski definition) is 4. The molecule has 1 aliphatic rings. The molecule has 1 heterocycles. The molecule has 0 bridgehead atoms. The highest BCUT2D eigenvalue weighted by atomic mass is 32.1. The number of carbonyl (C=O) groups is 2. The normalized spacial score (nSPS) is 22.8. The van der Waals surface area contributed by atoms with Gasteiger partial charge in [-0.2, -0.15) is 0 Å². The average molecular weight is 310 g/mol. The first kappa shape index (κ1) is 16.0. The van der Waals surface area contributed by atoms with Crippen molar-refractivity contribution in [2.24, 2.45) is 5.92 Å². The van der Waals surface area contributed by atoms with Gasteiger partial charge >= 0.3 is 0 Å². The van der Waals surface area contributed by atoms with Crippen molar-refractivity contribution in [2.45, 2.75) is 44.7 Å². The zero-order valence-corrected chi connectivity index (χ0v) is 13.0. The fourth-order valence-corrected chi connectivity index (χ4v) is 3.63. The maximum Gasteiger partial charge on any atom is 0.222 e. The summed E-state index contributed by atoms with van der Waals surface area (Å²) in [4.78, 5) is 24.5. The van der Waals surface area contributed by atoms with Crippen molar-refractivity contribution < 1.29 is 14.7 Å². The zero-order valence-electron chi connectivity index (χ0n) is 12.2. The number of rotatable bonds is 6. The molecular weight excluding hydrogens is 288 g/mol. The molecule has 0 saturated heterocycles. The van der Waals surface area contributed by atoms with E-state index in [-0.39, 0.29) is 42.8 Å². The van der Waals surface area contributed by atoms with Crippen molar-refractivity contribution in [3.8, 4) is 0 Å². The van der Waals surface area contributed by atoms with Crippen LogP contribution in [0, 0.1) is 5.92 Å². The molecule has 1 aromatic heterocycles. The fraction of sp³-hybridized carbons (Fsp3) is 0.600. The Morgan fingerprint density at radius 3 is 2.90 bits per heavy atom. The van der Waals surface area contributed by atoms with E-state index in [1.165, 1.54) is 18.3 Å². The van der Waals surface area contributed by atoms with Gasteiger partial charge in [-0.15, -0.1) is 11.3 Å². The van der Waals surface area contributed by atoms with Crippen LogP contribution in [0.1, 0.15) is 43.5 Å². The van der Waals surface area contributed by atoms with Crippen molar-refractivity contribution in [2.75, 3.05) is 6.61 Å². The number of amides is 2. The molecule has 2 amide bonds. The van der Waals surface area contributed by atoms with Crippen LogP contribution in [0.2, 0.25) is 0 Å². The van der Waals surface area contributed by atoms with Gasteiger partial charge < -0.3 is 15.7 Å². The van der Waals surface area contributed by atoms with Gasteiger partial charge in [-0.25, -0.2) is 0 Å². The summed E-state index contributed by atoms with van der Waals surface area (Å²) in [5, 5.41) is 17.0. The molecule has 0 radical (unpaired) electrons. The van der Waals surface area contributed by atoms with E-state index in [1.54, 1.807) is 0 Å². The van der Waals surface area contributed by atoms with Crippen LogP contribution in [-0.2, 0) is 9.59 Å². The molecule has 21 heavy (non-hydrogen) atoms. The molecule has 3 unspecified atom stereocenters. The summed E-state index contributed by atoms with van der Waals surface area (Å²) in [6, 6.07) is 3.61. The van der Waals surface area contributed by atoms with Gasteiger partial charge in [0.15, 0.2) is 0 Å². The van der Waals surface area contributed by atoms with Gasteiger partial charge in [0.25, 0.3) is 0 Å². The minimum atomic E-state index is -0.281. The highest BCUT2D eigenvalue weighted by Gasteiger charge is 2.28. The third-order valence-electron chi connectivity index (χ3n) is 3.89. The number of nitrogens with one attached hydrogen (secondary N) is 2. The van der Waals surface area contributed by atoms with Crippen molar-refractivity contribution >= 4 is 23.2 Å². The third kappa shape index (κ3) is 4.54. The molecule has 6 heteroatoms. The van der Waals surface area contributed by atoms with Crippen LogP contribution in [0.15, 0.2) is 17.5 Å². The first-order chi connectivity index (χ1) is 10.1. The summed E-state index contributed by atoms with van der Waals surface area (Å²) in [6.07, 6.45) is 3.15. The smallest absolute Gasteiger partial charge is 0.222 e.